The minimum atomic E-state index is -0.00228. The molecule has 6 nitrogen and oxygen atoms in total. The van der Waals surface area contributed by atoms with Crippen molar-refractivity contribution in [3.05, 3.63) is 12.0 Å². The van der Waals surface area contributed by atoms with E-state index in [1.54, 1.807) is 25.7 Å². The highest BCUT2D eigenvalue weighted by molar-refractivity contribution is 6.16. The maximum Gasteiger partial charge on any atom is 0.149 e. The Labute approximate surface area is 93.9 Å². The van der Waals surface area contributed by atoms with Crippen molar-refractivity contribution in [3.8, 4) is 0 Å². The molecular formula is C10H15N5O. The fraction of sp³-hybridized carbons (Fsp3) is 0.500. The van der Waals surface area contributed by atoms with Gasteiger partial charge in [0.1, 0.15) is 17.7 Å². The minimum absolute atomic E-state index is 0.00228. The van der Waals surface area contributed by atoms with E-state index in [0.717, 1.165) is 18.9 Å². The lowest BCUT2D eigenvalue weighted by atomic mass is 10.3. The van der Waals surface area contributed by atoms with Crippen LogP contribution >= 0.6 is 0 Å². The Morgan fingerprint density at radius 3 is 3.25 bits per heavy atom. The van der Waals surface area contributed by atoms with Crippen LogP contribution in [0, 0.1) is 0 Å². The third-order valence-electron chi connectivity index (χ3n) is 2.24. The van der Waals surface area contributed by atoms with Gasteiger partial charge in [0.2, 0.25) is 0 Å². The number of hydrogen-bond acceptors (Lipinski definition) is 5. The van der Waals surface area contributed by atoms with Crippen LogP contribution in [0.25, 0.3) is 0 Å². The zero-order chi connectivity index (χ0) is 11.2. The number of aliphatic imine (C=N–C) groups is 2. The molecule has 1 atom stereocenters. The van der Waals surface area contributed by atoms with Crippen molar-refractivity contribution in [2.75, 3.05) is 26.7 Å². The molecule has 1 aliphatic heterocycles. The van der Waals surface area contributed by atoms with Crippen molar-refractivity contribution in [1.29, 1.82) is 0 Å². The third-order valence-corrected chi connectivity index (χ3v) is 2.24. The number of imidazole rings is 1. The maximum atomic E-state index is 5.57. The average Bonchev–Trinajstić information content (AvgIpc) is 2.79. The van der Waals surface area contributed by atoms with Crippen LogP contribution in [0.4, 0.5) is 5.82 Å². The number of rotatable bonds is 3. The molecule has 0 radical (unpaired) electrons. The molecule has 0 amide bonds. The molecule has 0 aliphatic carbocycles. The monoisotopic (exact) mass is 221 g/mol. The normalized spacial score (nSPS) is 22.2. The van der Waals surface area contributed by atoms with Gasteiger partial charge in [-0.05, 0) is 0 Å². The molecule has 1 aliphatic rings. The number of nitrogens with one attached hydrogen (secondary N) is 2. The van der Waals surface area contributed by atoms with Crippen molar-refractivity contribution in [1.82, 2.24) is 15.3 Å². The summed E-state index contributed by atoms with van der Waals surface area (Å²) >= 11 is 0. The van der Waals surface area contributed by atoms with Crippen LogP contribution in [0.2, 0.25) is 0 Å². The Kier molecular flexibility index (Phi) is 3.79. The lowest BCUT2D eigenvalue weighted by molar-refractivity contribution is 0.0227. The molecular weight excluding hydrogens is 206 g/mol. The van der Waals surface area contributed by atoms with Crippen LogP contribution in [0.1, 0.15) is 11.9 Å². The average molecular weight is 221 g/mol. The molecule has 1 unspecified atom stereocenters. The Morgan fingerprint density at radius 2 is 2.50 bits per heavy atom. The van der Waals surface area contributed by atoms with Crippen molar-refractivity contribution in [2.24, 2.45) is 9.98 Å². The van der Waals surface area contributed by atoms with Crippen molar-refractivity contribution < 1.29 is 4.74 Å². The van der Waals surface area contributed by atoms with Crippen LogP contribution in [0.3, 0.4) is 0 Å². The van der Waals surface area contributed by atoms with E-state index in [-0.39, 0.29) is 6.10 Å². The fourth-order valence-corrected chi connectivity index (χ4v) is 1.48. The molecule has 16 heavy (non-hydrogen) atoms. The van der Waals surface area contributed by atoms with E-state index in [2.05, 4.69) is 25.3 Å². The lowest BCUT2D eigenvalue weighted by Gasteiger charge is -2.21. The topological polar surface area (TPSA) is 74.7 Å². The largest absolute Gasteiger partial charge is 0.368 e. The highest BCUT2D eigenvalue weighted by atomic mass is 16.5. The SMILES string of the molecule is C/N=C\C=N/c1cnc(C2CNCCO2)[nH]1. The number of hydrogen-bond donors (Lipinski definition) is 2. The summed E-state index contributed by atoms with van der Waals surface area (Å²) in [6, 6.07) is 0. The first-order valence-corrected chi connectivity index (χ1v) is 5.22. The second kappa shape index (κ2) is 5.53. The molecule has 1 fully saturated rings. The van der Waals surface area contributed by atoms with Gasteiger partial charge in [0.25, 0.3) is 0 Å². The summed E-state index contributed by atoms with van der Waals surface area (Å²) in [5, 5.41) is 3.25. The molecule has 0 spiro atoms. The van der Waals surface area contributed by atoms with E-state index in [0.29, 0.717) is 12.4 Å². The molecule has 2 heterocycles. The van der Waals surface area contributed by atoms with E-state index in [9.17, 15) is 0 Å². The molecule has 1 saturated heterocycles. The van der Waals surface area contributed by atoms with Crippen molar-refractivity contribution in [2.45, 2.75) is 6.10 Å². The molecule has 0 saturated carbocycles. The van der Waals surface area contributed by atoms with Crippen LogP contribution in [0.15, 0.2) is 16.2 Å². The van der Waals surface area contributed by atoms with Gasteiger partial charge in [0, 0.05) is 32.6 Å². The van der Waals surface area contributed by atoms with Gasteiger partial charge in [-0.25, -0.2) is 9.98 Å². The summed E-state index contributed by atoms with van der Waals surface area (Å²) in [5.41, 5.74) is 0. The molecule has 86 valence electrons. The maximum absolute atomic E-state index is 5.57. The zero-order valence-corrected chi connectivity index (χ0v) is 9.18. The van der Waals surface area contributed by atoms with Gasteiger partial charge in [0.15, 0.2) is 0 Å². The summed E-state index contributed by atoms with van der Waals surface area (Å²) in [5.74, 6) is 1.52. The summed E-state index contributed by atoms with van der Waals surface area (Å²) in [6.07, 6.45) is 4.93. The minimum Gasteiger partial charge on any atom is -0.368 e. The summed E-state index contributed by atoms with van der Waals surface area (Å²) in [6.45, 7) is 2.40. The van der Waals surface area contributed by atoms with Gasteiger partial charge in [0.05, 0.1) is 12.8 Å². The van der Waals surface area contributed by atoms with E-state index in [1.165, 1.54) is 0 Å². The van der Waals surface area contributed by atoms with E-state index < -0.39 is 0 Å². The number of H-pyrrole nitrogens is 1. The van der Waals surface area contributed by atoms with Crippen LogP contribution in [-0.4, -0.2) is 49.1 Å². The second-order valence-electron chi connectivity index (χ2n) is 3.40. The third kappa shape index (κ3) is 2.74. The van der Waals surface area contributed by atoms with Gasteiger partial charge >= 0.3 is 0 Å². The lowest BCUT2D eigenvalue weighted by Crippen LogP contribution is -2.33. The van der Waals surface area contributed by atoms with Gasteiger partial charge in [-0.1, -0.05) is 0 Å². The summed E-state index contributed by atoms with van der Waals surface area (Å²) in [7, 11) is 1.70. The number of nitrogens with zero attached hydrogens (tertiary/aromatic N) is 3. The number of aromatic amines is 1. The molecule has 6 heteroatoms. The highest BCUT2D eigenvalue weighted by Crippen LogP contribution is 2.17. The fourth-order valence-electron chi connectivity index (χ4n) is 1.48. The van der Waals surface area contributed by atoms with Gasteiger partial charge in [-0.15, -0.1) is 0 Å². The molecule has 1 aromatic heterocycles. The number of aromatic nitrogens is 2. The molecule has 0 bridgehead atoms. The summed E-state index contributed by atoms with van der Waals surface area (Å²) < 4.78 is 5.57. The summed E-state index contributed by atoms with van der Waals surface area (Å²) in [4.78, 5) is 15.3. The first-order chi connectivity index (χ1) is 7.90. The van der Waals surface area contributed by atoms with Crippen LogP contribution < -0.4 is 5.32 Å². The van der Waals surface area contributed by atoms with E-state index in [1.807, 2.05) is 0 Å². The first kappa shape index (κ1) is 11.0. The molecule has 2 N–H and O–H groups in total. The Bertz CT molecular complexity index is 378. The van der Waals surface area contributed by atoms with Crippen molar-refractivity contribution in [3.63, 3.8) is 0 Å². The van der Waals surface area contributed by atoms with Crippen LogP contribution in [-0.2, 0) is 4.74 Å². The zero-order valence-electron chi connectivity index (χ0n) is 9.18. The molecule has 1 aromatic rings. The molecule has 0 aromatic carbocycles. The number of morpholine rings is 1. The molecule has 2 rings (SSSR count). The highest BCUT2D eigenvalue weighted by Gasteiger charge is 2.18. The smallest absolute Gasteiger partial charge is 0.149 e. The standard InChI is InChI=1S/C10H15N5O/c1-11-2-3-13-9-7-14-10(15-9)8-6-12-4-5-16-8/h2-3,7-8,12H,4-6H2,1H3,(H,14,15)/b11-2-,13-3-. The van der Waals surface area contributed by atoms with E-state index >= 15 is 0 Å². The number of ether oxygens (including phenoxy) is 1. The quantitative estimate of drug-likeness (QED) is 0.729. The van der Waals surface area contributed by atoms with Crippen LogP contribution in [0.5, 0.6) is 0 Å². The van der Waals surface area contributed by atoms with Gasteiger partial charge < -0.3 is 15.0 Å². The predicted octanol–water partition coefficient (Wildman–Crippen LogP) is 0.473. The Hall–Kier alpha value is -1.53. The Balaban J connectivity index is 2.00. The van der Waals surface area contributed by atoms with Crippen molar-refractivity contribution >= 4 is 18.2 Å². The predicted molar refractivity (Wildman–Crippen MR) is 62.7 cm³/mol. The van der Waals surface area contributed by atoms with Gasteiger partial charge in [-0.2, -0.15) is 0 Å². The van der Waals surface area contributed by atoms with E-state index in [4.69, 9.17) is 4.74 Å². The first-order valence-electron chi connectivity index (χ1n) is 5.22. The Morgan fingerprint density at radius 1 is 1.56 bits per heavy atom. The second-order valence-corrected chi connectivity index (χ2v) is 3.40. The van der Waals surface area contributed by atoms with Gasteiger partial charge in [-0.3, -0.25) is 4.99 Å².